The zero-order chi connectivity index (χ0) is 10.8. The largest absolute Gasteiger partial charge is 0.353 e. The molecule has 15 heavy (non-hydrogen) atoms. The van der Waals surface area contributed by atoms with E-state index in [1.54, 1.807) is 0 Å². The molecule has 0 saturated carbocycles. The van der Waals surface area contributed by atoms with Crippen molar-refractivity contribution in [3.8, 4) is 0 Å². The molecule has 1 aliphatic heterocycles. The van der Waals surface area contributed by atoms with E-state index in [4.69, 9.17) is 0 Å². The molecule has 1 aromatic rings. The first kappa shape index (κ1) is 10.6. The molecule has 0 spiro atoms. The van der Waals surface area contributed by atoms with Crippen LogP contribution in [-0.4, -0.2) is 18.5 Å². The fraction of sp³-hybridized carbons (Fsp3) is 0.364. The lowest BCUT2D eigenvalue weighted by atomic mass is 10.0. The number of rotatable bonds is 1. The summed E-state index contributed by atoms with van der Waals surface area (Å²) in [4.78, 5) is 11.3. The summed E-state index contributed by atoms with van der Waals surface area (Å²) in [7, 11) is 0. The van der Waals surface area contributed by atoms with Crippen LogP contribution in [-0.2, 0) is 4.79 Å². The minimum absolute atomic E-state index is 0.0706. The molecule has 2 atom stereocenters. The van der Waals surface area contributed by atoms with E-state index < -0.39 is 0 Å². The molecule has 4 heteroatoms. The summed E-state index contributed by atoms with van der Waals surface area (Å²) >= 11 is 3.44. The number of hydrogen-bond acceptors (Lipinski definition) is 2. The first-order valence-electron chi connectivity index (χ1n) is 4.96. The third-order valence-electron chi connectivity index (χ3n) is 2.58. The number of hydrogen-bond donors (Lipinski definition) is 2. The molecule has 0 aromatic heterocycles. The van der Waals surface area contributed by atoms with Crippen molar-refractivity contribution in [3.05, 3.63) is 34.3 Å². The number of halogens is 1. The van der Waals surface area contributed by atoms with E-state index in [1.807, 2.05) is 19.1 Å². The Hall–Kier alpha value is -0.870. The van der Waals surface area contributed by atoms with Gasteiger partial charge in [0.1, 0.15) is 0 Å². The standard InChI is InChI=1S/C11H13BrN2O/c1-7-11(15)13-6-10(14-7)8-3-2-4-9(12)5-8/h2-5,7,10,14H,6H2,1H3,(H,13,15). The summed E-state index contributed by atoms with van der Waals surface area (Å²) in [6.45, 7) is 2.53. The number of nitrogens with one attached hydrogen (secondary N) is 2. The number of piperazine rings is 1. The lowest BCUT2D eigenvalue weighted by molar-refractivity contribution is -0.124. The van der Waals surface area contributed by atoms with Crippen molar-refractivity contribution in [2.24, 2.45) is 0 Å². The molecule has 1 amide bonds. The van der Waals surface area contributed by atoms with Gasteiger partial charge in [-0.1, -0.05) is 28.1 Å². The van der Waals surface area contributed by atoms with Gasteiger partial charge in [0.2, 0.25) is 5.91 Å². The summed E-state index contributed by atoms with van der Waals surface area (Å²) in [6, 6.07) is 8.21. The Bertz CT molecular complexity index is 381. The molecule has 1 saturated heterocycles. The Balaban J connectivity index is 2.15. The highest BCUT2D eigenvalue weighted by Gasteiger charge is 2.24. The van der Waals surface area contributed by atoms with Gasteiger partial charge in [-0.15, -0.1) is 0 Å². The summed E-state index contributed by atoms with van der Waals surface area (Å²) in [5, 5.41) is 6.16. The summed E-state index contributed by atoms with van der Waals surface area (Å²) in [6.07, 6.45) is 0. The quantitative estimate of drug-likeness (QED) is 0.813. The molecule has 1 heterocycles. The predicted molar refractivity (Wildman–Crippen MR) is 62.5 cm³/mol. The smallest absolute Gasteiger partial charge is 0.236 e. The van der Waals surface area contributed by atoms with Crippen LogP contribution in [0.15, 0.2) is 28.7 Å². The maximum absolute atomic E-state index is 11.3. The van der Waals surface area contributed by atoms with Crippen molar-refractivity contribution < 1.29 is 4.79 Å². The molecule has 0 bridgehead atoms. The molecule has 0 aliphatic carbocycles. The Morgan fingerprint density at radius 1 is 1.47 bits per heavy atom. The summed E-state index contributed by atoms with van der Waals surface area (Å²) < 4.78 is 1.06. The van der Waals surface area contributed by atoms with Gasteiger partial charge in [0.15, 0.2) is 0 Å². The van der Waals surface area contributed by atoms with Crippen molar-refractivity contribution in [3.63, 3.8) is 0 Å². The van der Waals surface area contributed by atoms with Crippen molar-refractivity contribution in [2.75, 3.05) is 6.54 Å². The molecule has 3 nitrogen and oxygen atoms in total. The van der Waals surface area contributed by atoms with Gasteiger partial charge in [-0.25, -0.2) is 0 Å². The van der Waals surface area contributed by atoms with Gasteiger partial charge in [-0.05, 0) is 24.6 Å². The molecular weight excluding hydrogens is 256 g/mol. The SMILES string of the molecule is CC1NC(c2cccc(Br)c2)CNC1=O. The second kappa shape index (κ2) is 4.33. The van der Waals surface area contributed by atoms with Gasteiger partial charge >= 0.3 is 0 Å². The van der Waals surface area contributed by atoms with Crippen molar-refractivity contribution in [1.29, 1.82) is 0 Å². The monoisotopic (exact) mass is 268 g/mol. The molecule has 2 N–H and O–H groups in total. The van der Waals surface area contributed by atoms with Crippen LogP contribution in [0.5, 0.6) is 0 Å². The minimum atomic E-state index is -0.122. The number of benzene rings is 1. The van der Waals surface area contributed by atoms with E-state index in [2.05, 4.69) is 38.7 Å². The van der Waals surface area contributed by atoms with Crippen LogP contribution in [0.4, 0.5) is 0 Å². The minimum Gasteiger partial charge on any atom is -0.353 e. The van der Waals surface area contributed by atoms with E-state index in [-0.39, 0.29) is 18.0 Å². The van der Waals surface area contributed by atoms with Crippen LogP contribution >= 0.6 is 15.9 Å². The average molecular weight is 269 g/mol. The molecular formula is C11H13BrN2O. The molecule has 2 unspecified atom stereocenters. The van der Waals surface area contributed by atoms with E-state index in [0.717, 1.165) is 4.47 Å². The topological polar surface area (TPSA) is 41.1 Å². The number of carbonyl (C=O) groups is 1. The Morgan fingerprint density at radius 3 is 2.93 bits per heavy atom. The van der Waals surface area contributed by atoms with Gasteiger partial charge < -0.3 is 5.32 Å². The normalized spacial score (nSPS) is 26.1. The highest BCUT2D eigenvalue weighted by molar-refractivity contribution is 9.10. The summed E-state index contributed by atoms with van der Waals surface area (Å²) in [5.41, 5.74) is 1.19. The average Bonchev–Trinajstić information content (AvgIpc) is 2.22. The lowest BCUT2D eigenvalue weighted by Gasteiger charge is -2.29. The number of amides is 1. The molecule has 0 radical (unpaired) electrons. The van der Waals surface area contributed by atoms with Gasteiger partial charge in [0, 0.05) is 11.0 Å². The highest BCUT2D eigenvalue weighted by atomic mass is 79.9. The van der Waals surface area contributed by atoms with Crippen LogP contribution in [0.1, 0.15) is 18.5 Å². The fourth-order valence-corrected chi connectivity index (χ4v) is 2.15. The third kappa shape index (κ3) is 2.38. The van der Waals surface area contributed by atoms with Crippen LogP contribution in [0, 0.1) is 0 Å². The van der Waals surface area contributed by atoms with Crippen LogP contribution < -0.4 is 10.6 Å². The molecule has 1 aromatic carbocycles. The molecule has 1 fully saturated rings. The van der Waals surface area contributed by atoms with Gasteiger partial charge in [0.05, 0.1) is 12.1 Å². The van der Waals surface area contributed by atoms with E-state index in [0.29, 0.717) is 6.54 Å². The van der Waals surface area contributed by atoms with Crippen LogP contribution in [0.25, 0.3) is 0 Å². The second-order valence-corrected chi connectivity index (χ2v) is 4.66. The maximum atomic E-state index is 11.3. The Morgan fingerprint density at radius 2 is 2.27 bits per heavy atom. The zero-order valence-electron chi connectivity index (χ0n) is 8.46. The lowest BCUT2D eigenvalue weighted by Crippen LogP contribution is -2.52. The zero-order valence-corrected chi connectivity index (χ0v) is 10.0. The molecule has 1 aliphatic rings. The van der Waals surface area contributed by atoms with Crippen molar-refractivity contribution in [1.82, 2.24) is 10.6 Å². The number of carbonyl (C=O) groups excluding carboxylic acids is 1. The van der Waals surface area contributed by atoms with Crippen molar-refractivity contribution >= 4 is 21.8 Å². The van der Waals surface area contributed by atoms with E-state index in [1.165, 1.54) is 5.56 Å². The van der Waals surface area contributed by atoms with Crippen LogP contribution in [0.2, 0.25) is 0 Å². The van der Waals surface area contributed by atoms with Gasteiger partial charge in [-0.3, -0.25) is 10.1 Å². The van der Waals surface area contributed by atoms with Crippen LogP contribution in [0.3, 0.4) is 0 Å². The first-order valence-corrected chi connectivity index (χ1v) is 5.75. The molecule has 80 valence electrons. The van der Waals surface area contributed by atoms with Crippen molar-refractivity contribution in [2.45, 2.75) is 19.0 Å². The van der Waals surface area contributed by atoms with E-state index >= 15 is 0 Å². The van der Waals surface area contributed by atoms with Gasteiger partial charge in [-0.2, -0.15) is 0 Å². The second-order valence-electron chi connectivity index (χ2n) is 3.74. The Kier molecular flexibility index (Phi) is 3.07. The highest BCUT2D eigenvalue weighted by Crippen LogP contribution is 2.19. The van der Waals surface area contributed by atoms with Gasteiger partial charge in [0.25, 0.3) is 0 Å². The fourth-order valence-electron chi connectivity index (χ4n) is 1.73. The molecule has 2 rings (SSSR count). The summed E-state index contributed by atoms with van der Waals surface area (Å²) in [5.74, 6) is 0.0706. The third-order valence-corrected chi connectivity index (χ3v) is 3.07. The Labute approximate surface area is 97.4 Å². The maximum Gasteiger partial charge on any atom is 0.236 e. The van der Waals surface area contributed by atoms with E-state index in [9.17, 15) is 4.79 Å². The first-order chi connectivity index (χ1) is 7.16. The predicted octanol–water partition coefficient (Wildman–Crippen LogP) is 1.60.